The van der Waals surface area contributed by atoms with Crippen LogP contribution in [-0.2, 0) is 11.3 Å². The van der Waals surface area contributed by atoms with Gasteiger partial charge in [-0.15, -0.1) is 0 Å². The van der Waals surface area contributed by atoms with Crippen molar-refractivity contribution in [3.63, 3.8) is 0 Å². The molecule has 0 bridgehead atoms. The van der Waals surface area contributed by atoms with E-state index < -0.39 is 0 Å². The van der Waals surface area contributed by atoms with Gasteiger partial charge in [-0.3, -0.25) is 9.88 Å². The zero-order chi connectivity index (χ0) is 25.7. The lowest BCUT2D eigenvalue weighted by Crippen LogP contribution is -2.44. The minimum Gasteiger partial charge on any atom is -0.488 e. The molecule has 2 aromatic heterocycles. The average molecular weight is 519 g/mol. The van der Waals surface area contributed by atoms with Crippen LogP contribution in [0.4, 0.5) is 11.5 Å². The first kappa shape index (κ1) is 25.2. The summed E-state index contributed by atoms with van der Waals surface area (Å²) in [6, 6.07) is 6.62. The molecule has 1 saturated carbocycles. The van der Waals surface area contributed by atoms with Crippen molar-refractivity contribution in [2.75, 3.05) is 69.7 Å². The third kappa shape index (κ3) is 6.14. The van der Waals surface area contributed by atoms with Gasteiger partial charge in [-0.25, -0.2) is 15.0 Å². The summed E-state index contributed by atoms with van der Waals surface area (Å²) < 4.78 is 12.1. The van der Waals surface area contributed by atoms with E-state index in [1.54, 1.807) is 12.4 Å². The highest BCUT2D eigenvalue weighted by Crippen LogP contribution is 2.33. The molecule has 202 valence electrons. The number of nitrogens with one attached hydrogen (secondary N) is 1. The summed E-state index contributed by atoms with van der Waals surface area (Å²) in [4.78, 5) is 25.6. The van der Waals surface area contributed by atoms with Gasteiger partial charge in [0, 0.05) is 75.7 Å². The number of fused-ring (bicyclic) bond motifs is 1. The van der Waals surface area contributed by atoms with Crippen LogP contribution in [0.3, 0.4) is 0 Å². The molecule has 0 amide bonds. The minimum atomic E-state index is 0.163. The molecule has 2 saturated heterocycles. The van der Waals surface area contributed by atoms with E-state index >= 15 is 0 Å². The molecule has 0 atom stereocenters. The summed E-state index contributed by atoms with van der Waals surface area (Å²) in [7, 11) is 2.18. The first-order chi connectivity index (χ1) is 18.7. The summed E-state index contributed by atoms with van der Waals surface area (Å²) >= 11 is 0. The molecule has 3 fully saturated rings. The number of hydrogen-bond acceptors (Lipinski definition) is 10. The van der Waals surface area contributed by atoms with Crippen LogP contribution in [0.1, 0.15) is 31.5 Å². The maximum absolute atomic E-state index is 6.59. The van der Waals surface area contributed by atoms with Gasteiger partial charge in [-0.1, -0.05) is 0 Å². The van der Waals surface area contributed by atoms with Crippen LogP contribution in [0.5, 0.6) is 5.75 Å². The SMILES string of the molecule is CN1CCN(Cc2nccc(N[C@H]3CC[C@@H](Oc4cc(N5CCOCC5)cc5nccnc45)CC3)n2)CC1. The molecule has 4 heterocycles. The zero-order valence-corrected chi connectivity index (χ0v) is 22.3. The molecule has 38 heavy (non-hydrogen) atoms. The van der Waals surface area contributed by atoms with Crippen molar-refractivity contribution in [1.29, 1.82) is 0 Å². The third-order valence-electron chi connectivity index (χ3n) is 7.89. The Morgan fingerprint density at radius 2 is 1.71 bits per heavy atom. The van der Waals surface area contributed by atoms with Crippen molar-refractivity contribution in [2.24, 2.45) is 0 Å². The van der Waals surface area contributed by atoms with Crippen LogP contribution in [0.2, 0.25) is 0 Å². The molecule has 1 aromatic carbocycles. The fourth-order valence-corrected chi connectivity index (χ4v) is 5.60. The molecule has 3 aliphatic rings. The van der Waals surface area contributed by atoms with Crippen molar-refractivity contribution < 1.29 is 9.47 Å². The highest BCUT2D eigenvalue weighted by Gasteiger charge is 2.25. The van der Waals surface area contributed by atoms with Crippen LogP contribution < -0.4 is 15.0 Å². The minimum absolute atomic E-state index is 0.163. The predicted molar refractivity (Wildman–Crippen MR) is 148 cm³/mol. The molecule has 6 rings (SSSR count). The van der Waals surface area contributed by atoms with Gasteiger partial charge < -0.3 is 24.6 Å². The highest BCUT2D eigenvalue weighted by atomic mass is 16.5. The smallest absolute Gasteiger partial charge is 0.149 e. The Hall–Kier alpha value is -3.08. The van der Waals surface area contributed by atoms with E-state index in [2.05, 4.69) is 54.1 Å². The van der Waals surface area contributed by atoms with Crippen LogP contribution in [-0.4, -0.2) is 101 Å². The van der Waals surface area contributed by atoms with E-state index in [0.717, 1.165) is 119 Å². The van der Waals surface area contributed by atoms with Crippen molar-refractivity contribution in [2.45, 2.75) is 44.4 Å². The van der Waals surface area contributed by atoms with Crippen LogP contribution in [0.15, 0.2) is 36.8 Å². The fourth-order valence-electron chi connectivity index (χ4n) is 5.60. The number of rotatable bonds is 7. The maximum atomic E-state index is 6.59. The van der Waals surface area contributed by atoms with E-state index in [1.165, 1.54) is 0 Å². The summed E-state index contributed by atoms with van der Waals surface area (Å²) in [6.45, 7) is 8.39. The van der Waals surface area contributed by atoms with Crippen molar-refractivity contribution >= 4 is 22.5 Å². The lowest BCUT2D eigenvalue weighted by molar-refractivity contribution is 0.122. The van der Waals surface area contributed by atoms with Gasteiger partial charge >= 0.3 is 0 Å². The number of nitrogens with zero attached hydrogens (tertiary/aromatic N) is 7. The predicted octanol–water partition coefficient (Wildman–Crippen LogP) is 2.81. The van der Waals surface area contributed by atoms with Gasteiger partial charge in [0.1, 0.15) is 22.9 Å². The number of aromatic nitrogens is 4. The van der Waals surface area contributed by atoms with E-state index in [4.69, 9.17) is 14.5 Å². The molecular formula is C28H38N8O2. The van der Waals surface area contributed by atoms with Crippen LogP contribution in [0.25, 0.3) is 11.0 Å². The second-order valence-corrected chi connectivity index (χ2v) is 10.6. The second kappa shape index (κ2) is 11.8. The van der Waals surface area contributed by atoms with E-state index in [9.17, 15) is 0 Å². The van der Waals surface area contributed by atoms with E-state index in [0.29, 0.717) is 6.04 Å². The number of hydrogen-bond donors (Lipinski definition) is 1. The molecule has 2 aliphatic heterocycles. The fraction of sp³-hybridized carbons (Fsp3) is 0.571. The number of morpholine rings is 1. The molecule has 0 unspecified atom stereocenters. The normalized spacial score (nSPS) is 23.4. The van der Waals surface area contributed by atoms with Crippen molar-refractivity contribution in [3.05, 3.63) is 42.6 Å². The zero-order valence-electron chi connectivity index (χ0n) is 22.3. The first-order valence-electron chi connectivity index (χ1n) is 13.9. The van der Waals surface area contributed by atoms with Gasteiger partial charge in [-0.2, -0.15) is 0 Å². The van der Waals surface area contributed by atoms with E-state index in [1.807, 2.05) is 12.3 Å². The first-order valence-corrected chi connectivity index (χ1v) is 13.9. The quantitative estimate of drug-likeness (QED) is 0.503. The molecular weight excluding hydrogens is 480 g/mol. The monoisotopic (exact) mass is 518 g/mol. The van der Waals surface area contributed by atoms with Crippen LogP contribution in [0, 0.1) is 0 Å². The topological polar surface area (TPSA) is 91.8 Å². The lowest BCUT2D eigenvalue weighted by atomic mass is 9.93. The number of piperazine rings is 1. The maximum Gasteiger partial charge on any atom is 0.149 e. The van der Waals surface area contributed by atoms with Crippen molar-refractivity contribution in [1.82, 2.24) is 29.7 Å². The Morgan fingerprint density at radius 3 is 2.53 bits per heavy atom. The van der Waals surface area contributed by atoms with Gasteiger partial charge in [0.2, 0.25) is 0 Å². The Morgan fingerprint density at radius 1 is 0.921 bits per heavy atom. The van der Waals surface area contributed by atoms with Gasteiger partial charge in [0.25, 0.3) is 0 Å². The molecule has 1 aliphatic carbocycles. The van der Waals surface area contributed by atoms with E-state index in [-0.39, 0.29) is 6.10 Å². The summed E-state index contributed by atoms with van der Waals surface area (Å²) in [5.41, 5.74) is 2.83. The number of anilines is 2. The van der Waals surface area contributed by atoms with Gasteiger partial charge in [-0.05, 0) is 44.9 Å². The number of ether oxygens (including phenoxy) is 2. The highest BCUT2D eigenvalue weighted by molar-refractivity contribution is 5.85. The summed E-state index contributed by atoms with van der Waals surface area (Å²) in [5.74, 6) is 2.65. The second-order valence-electron chi connectivity index (χ2n) is 10.6. The Labute approximate surface area is 224 Å². The van der Waals surface area contributed by atoms with Gasteiger partial charge in [0.05, 0.1) is 31.4 Å². The third-order valence-corrected chi connectivity index (χ3v) is 7.89. The largest absolute Gasteiger partial charge is 0.488 e. The molecule has 0 spiro atoms. The standard InChI is InChI=1S/C28H38N8O2/c1-34-10-12-35(13-11-34)20-27-30-7-6-26(33-27)32-21-2-4-23(5-3-21)38-25-19-22(36-14-16-37-17-15-36)18-24-28(25)31-9-8-29-24/h6-9,18-19,21,23H,2-5,10-17,20H2,1H3,(H,30,32,33)/t21-,23+. The van der Waals surface area contributed by atoms with Gasteiger partial charge in [0.15, 0.2) is 0 Å². The van der Waals surface area contributed by atoms with Crippen LogP contribution >= 0.6 is 0 Å². The summed E-state index contributed by atoms with van der Waals surface area (Å²) in [5, 5.41) is 3.66. The Kier molecular flexibility index (Phi) is 7.80. The molecule has 10 heteroatoms. The molecule has 10 nitrogen and oxygen atoms in total. The molecule has 1 N–H and O–H groups in total. The number of benzene rings is 1. The average Bonchev–Trinajstić information content (AvgIpc) is 2.96. The lowest BCUT2D eigenvalue weighted by Gasteiger charge is -2.32. The van der Waals surface area contributed by atoms with Crippen molar-refractivity contribution in [3.8, 4) is 5.75 Å². The molecule has 0 radical (unpaired) electrons. The summed E-state index contributed by atoms with van der Waals surface area (Å²) in [6.07, 6.45) is 9.57. The number of likely N-dealkylation sites (N-methyl/N-ethyl adjacent to an activating group) is 1. The Bertz CT molecular complexity index is 1200. The Balaban J connectivity index is 1.06. The molecule has 3 aromatic rings.